The Balaban J connectivity index is 0.963. The molecule has 3 fully saturated rings. The highest BCUT2D eigenvalue weighted by Gasteiger charge is 2.28. The first-order valence-corrected chi connectivity index (χ1v) is 20.1. The quantitative estimate of drug-likeness (QED) is 0.171. The van der Waals surface area contributed by atoms with Gasteiger partial charge in [0, 0.05) is 111 Å². The molecule has 0 atom stereocenters. The molecule has 0 bridgehead atoms. The predicted octanol–water partition coefficient (Wildman–Crippen LogP) is 6.58. The van der Waals surface area contributed by atoms with E-state index in [-0.39, 0.29) is 16.3 Å². The van der Waals surface area contributed by atoms with E-state index in [4.69, 9.17) is 16.7 Å². The Bertz CT molecular complexity index is 2120. The van der Waals surface area contributed by atoms with Crippen LogP contribution in [0.3, 0.4) is 0 Å². The number of nitrogens with zero attached hydrogens (tertiary/aromatic N) is 8. The normalized spacial score (nSPS) is 17.8. The number of halogens is 2. The summed E-state index contributed by atoms with van der Waals surface area (Å²) in [5, 5.41) is 5.10. The van der Waals surface area contributed by atoms with Gasteiger partial charge >= 0.3 is 10.2 Å². The Morgan fingerprint density at radius 2 is 1.51 bits per heavy atom. The molecule has 2 aromatic carbocycles. The summed E-state index contributed by atoms with van der Waals surface area (Å²) in [5.74, 6) is 1.07. The largest absolute Gasteiger partial charge is 0.369 e. The molecule has 6 heterocycles. The lowest BCUT2D eigenvalue weighted by Gasteiger charge is -2.39. The number of nitrogens with one attached hydrogen (secondary N) is 1. The van der Waals surface area contributed by atoms with Gasteiger partial charge < -0.3 is 9.80 Å². The first kappa shape index (κ1) is 35.5. The van der Waals surface area contributed by atoms with E-state index in [0.29, 0.717) is 30.3 Å². The molecule has 0 unspecified atom stereocenters. The molecule has 0 saturated carbocycles. The first-order chi connectivity index (χ1) is 25.8. The highest BCUT2D eigenvalue weighted by Crippen LogP contribution is 2.38. The van der Waals surface area contributed by atoms with Crippen LogP contribution in [0, 0.1) is 11.7 Å². The standard InChI is InChI=1S/C39H43ClFN9O2S/c40-31-25-34(38(41)36(26-31)45-53(51,52)49-17-3-4-18-49)35-28-50(44-39(35)30-10-15-42-16-11-30)33-8-6-32(7-9-33)47-23-21-46(22-24-47)27-29-12-19-48(20-13-29)37-5-1-2-14-43-37/h1-2,5-11,14-16,25-26,28-29,45H,3-4,12-13,17-24,27H2. The number of aromatic nitrogens is 4. The topological polar surface area (TPSA) is 103 Å². The summed E-state index contributed by atoms with van der Waals surface area (Å²) in [4.78, 5) is 16.1. The number of hydrogen-bond donors (Lipinski definition) is 1. The molecule has 53 heavy (non-hydrogen) atoms. The van der Waals surface area contributed by atoms with Crippen LogP contribution in [0.4, 0.5) is 21.6 Å². The number of piperazine rings is 1. The van der Waals surface area contributed by atoms with E-state index in [0.717, 1.165) is 81.4 Å². The monoisotopic (exact) mass is 755 g/mol. The third-order valence-electron chi connectivity index (χ3n) is 10.6. The van der Waals surface area contributed by atoms with Gasteiger partial charge in [-0.3, -0.25) is 14.6 Å². The lowest BCUT2D eigenvalue weighted by molar-refractivity contribution is 0.201. The second-order valence-corrected chi connectivity index (χ2v) is 16.1. The highest BCUT2D eigenvalue weighted by atomic mass is 35.5. The Labute approximate surface area is 315 Å². The molecule has 1 N–H and O–H groups in total. The summed E-state index contributed by atoms with van der Waals surface area (Å²) in [7, 11) is -3.94. The summed E-state index contributed by atoms with van der Waals surface area (Å²) in [5.41, 5.74) is 3.62. The minimum absolute atomic E-state index is 0.142. The molecule has 3 aliphatic heterocycles. The van der Waals surface area contributed by atoms with Gasteiger partial charge in [0.05, 0.1) is 11.4 Å². The predicted molar refractivity (Wildman–Crippen MR) is 208 cm³/mol. The Morgan fingerprint density at radius 1 is 0.792 bits per heavy atom. The first-order valence-electron chi connectivity index (χ1n) is 18.3. The fourth-order valence-electron chi connectivity index (χ4n) is 7.67. The van der Waals surface area contributed by atoms with E-state index in [2.05, 4.69) is 53.7 Å². The Morgan fingerprint density at radius 3 is 2.21 bits per heavy atom. The average Bonchev–Trinajstić information content (AvgIpc) is 3.90. The van der Waals surface area contributed by atoms with Crippen LogP contribution in [0.2, 0.25) is 5.02 Å². The molecule has 3 aliphatic rings. The third kappa shape index (κ3) is 7.89. The zero-order valence-corrected chi connectivity index (χ0v) is 31.1. The number of pyridine rings is 2. The van der Waals surface area contributed by atoms with E-state index in [1.807, 2.05) is 36.5 Å². The van der Waals surface area contributed by atoms with Crippen LogP contribution in [-0.4, -0.2) is 96.3 Å². The third-order valence-corrected chi connectivity index (χ3v) is 12.3. The molecule has 11 nitrogen and oxygen atoms in total. The molecule has 0 spiro atoms. The number of piperidine rings is 1. The van der Waals surface area contributed by atoms with E-state index in [1.165, 1.54) is 29.3 Å². The summed E-state index contributed by atoms with van der Waals surface area (Å²) < 4.78 is 47.9. The van der Waals surface area contributed by atoms with Crippen molar-refractivity contribution in [2.45, 2.75) is 25.7 Å². The van der Waals surface area contributed by atoms with E-state index in [1.54, 1.807) is 23.3 Å². The van der Waals surface area contributed by atoms with Crippen molar-refractivity contribution in [1.82, 2.24) is 29.0 Å². The van der Waals surface area contributed by atoms with Crippen LogP contribution >= 0.6 is 11.6 Å². The van der Waals surface area contributed by atoms with E-state index < -0.39 is 16.0 Å². The molecule has 0 aliphatic carbocycles. The average molecular weight is 756 g/mol. The van der Waals surface area contributed by atoms with Crippen LogP contribution in [0.5, 0.6) is 0 Å². The maximum atomic E-state index is 16.3. The minimum atomic E-state index is -3.94. The van der Waals surface area contributed by atoms with Crippen LogP contribution < -0.4 is 14.5 Å². The van der Waals surface area contributed by atoms with Crippen molar-refractivity contribution in [3.8, 4) is 28.1 Å². The Hall–Kier alpha value is -4.56. The van der Waals surface area contributed by atoms with Crippen molar-refractivity contribution in [1.29, 1.82) is 0 Å². The molecule has 0 radical (unpaired) electrons. The molecule has 5 aromatic rings. The molecule has 3 saturated heterocycles. The summed E-state index contributed by atoms with van der Waals surface area (Å²) in [6.07, 6.45) is 10.9. The zero-order chi connectivity index (χ0) is 36.4. The van der Waals surface area contributed by atoms with Crippen LogP contribution in [0.25, 0.3) is 28.1 Å². The van der Waals surface area contributed by atoms with Gasteiger partial charge in [0.25, 0.3) is 0 Å². The van der Waals surface area contributed by atoms with Gasteiger partial charge in [0.2, 0.25) is 0 Å². The smallest absolute Gasteiger partial charge is 0.301 e. The van der Waals surface area contributed by atoms with Gasteiger partial charge in [0.1, 0.15) is 11.5 Å². The summed E-state index contributed by atoms with van der Waals surface area (Å²) >= 11 is 6.49. The fourth-order valence-corrected chi connectivity index (χ4v) is 9.19. The van der Waals surface area contributed by atoms with Crippen molar-refractivity contribution >= 4 is 39.0 Å². The number of hydrogen-bond acceptors (Lipinski definition) is 8. The zero-order valence-electron chi connectivity index (χ0n) is 29.5. The van der Waals surface area contributed by atoms with Crippen molar-refractivity contribution in [3.05, 3.63) is 102 Å². The maximum Gasteiger partial charge on any atom is 0.301 e. The van der Waals surface area contributed by atoms with Crippen molar-refractivity contribution in [2.75, 3.05) is 73.4 Å². The van der Waals surface area contributed by atoms with Gasteiger partial charge in [-0.2, -0.15) is 17.8 Å². The number of anilines is 3. The van der Waals surface area contributed by atoms with Gasteiger partial charge in [-0.05, 0) is 92.3 Å². The molecule has 8 rings (SSSR count). The lowest BCUT2D eigenvalue weighted by atomic mass is 9.96. The van der Waals surface area contributed by atoms with Crippen molar-refractivity contribution in [2.24, 2.45) is 5.92 Å². The molecular weight excluding hydrogens is 713 g/mol. The van der Waals surface area contributed by atoms with Crippen LogP contribution in [0.15, 0.2) is 91.5 Å². The minimum Gasteiger partial charge on any atom is -0.369 e. The SMILES string of the molecule is O=S(=O)(Nc1cc(Cl)cc(-c2cn(-c3ccc(N4CCN(CC5CCN(c6ccccn6)CC5)CC4)cc3)nc2-c2ccncc2)c1F)N1CCCC1. The van der Waals surface area contributed by atoms with Crippen LogP contribution in [-0.2, 0) is 10.2 Å². The fraction of sp³-hybridized carbons (Fsp3) is 0.359. The summed E-state index contributed by atoms with van der Waals surface area (Å²) in [6, 6.07) is 20.8. The molecule has 276 valence electrons. The maximum absolute atomic E-state index is 16.3. The van der Waals surface area contributed by atoms with E-state index >= 15 is 4.39 Å². The van der Waals surface area contributed by atoms with Gasteiger partial charge in [-0.25, -0.2) is 14.1 Å². The summed E-state index contributed by atoms with van der Waals surface area (Å²) in [6.45, 7) is 8.03. The van der Waals surface area contributed by atoms with Crippen molar-refractivity contribution in [3.63, 3.8) is 0 Å². The van der Waals surface area contributed by atoms with Gasteiger partial charge in [-0.1, -0.05) is 17.7 Å². The molecule has 3 aromatic heterocycles. The van der Waals surface area contributed by atoms with Crippen molar-refractivity contribution < 1.29 is 12.8 Å². The number of benzene rings is 2. The van der Waals surface area contributed by atoms with Gasteiger partial charge in [-0.15, -0.1) is 0 Å². The molecule has 0 amide bonds. The highest BCUT2D eigenvalue weighted by molar-refractivity contribution is 7.90. The number of rotatable bonds is 10. The van der Waals surface area contributed by atoms with Crippen LogP contribution in [0.1, 0.15) is 25.7 Å². The second-order valence-electron chi connectivity index (χ2n) is 14.0. The lowest BCUT2D eigenvalue weighted by Crippen LogP contribution is -2.49. The molecule has 14 heteroatoms. The van der Waals surface area contributed by atoms with Gasteiger partial charge in [0.15, 0.2) is 5.82 Å². The second kappa shape index (κ2) is 15.4. The molecular formula is C39H43ClFN9O2S. The van der Waals surface area contributed by atoms with E-state index in [9.17, 15) is 8.42 Å². The Kier molecular flexibility index (Phi) is 10.3.